The molecule has 18 heavy (non-hydrogen) atoms. The van der Waals surface area contributed by atoms with Gasteiger partial charge in [-0.25, -0.2) is 8.78 Å². The first-order valence-corrected chi connectivity index (χ1v) is 5.96. The minimum absolute atomic E-state index is 0.0824. The van der Waals surface area contributed by atoms with Crippen LogP contribution in [0.5, 0.6) is 0 Å². The summed E-state index contributed by atoms with van der Waals surface area (Å²) in [5, 5.41) is 9.26. The van der Waals surface area contributed by atoms with Crippen molar-refractivity contribution in [3.63, 3.8) is 0 Å². The third kappa shape index (κ3) is 2.26. The summed E-state index contributed by atoms with van der Waals surface area (Å²) in [4.78, 5) is 11.9. The fourth-order valence-electron chi connectivity index (χ4n) is 2.43. The quantitative estimate of drug-likeness (QED) is 0.807. The molecule has 1 aliphatic carbocycles. The second-order valence-corrected chi connectivity index (χ2v) is 4.75. The molecule has 1 aromatic carbocycles. The molecule has 94 valence electrons. The van der Waals surface area contributed by atoms with E-state index in [0.717, 1.165) is 25.0 Å². The number of nitriles is 1. The van der Waals surface area contributed by atoms with Gasteiger partial charge in [-0.15, -0.1) is 0 Å². The highest BCUT2D eigenvalue weighted by Gasteiger charge is 2.40. The summed E-state index contributed by atoms with van der Waals surface area (Å²) >= 11 is 0. The SMILES string of the molecule is N#CC1(Cc2ccc(F)c(F)c2)CCCCC1=O. The largest absolute Gasteiger partial charge is 0.298 e. The van der Waals surface area contributed by atoms with Crippen molar-refractivity contribution in [2.75, 3.05) is 0 Å². The smallest absolute Gasteiger partial charge is 0.159 e. The van der Waals surface area contributed by atoms with Crippen LogP contribution in [0.2, 0.25) is 0 Å². The molecule has 0 aromatic heterocycles. The lowest BCUT2D eigenvalue weighted by Gasteiger charge is -2.29. The van der Waals surface area contributed by atoms with Crippen LogP contribution in [0.25, 0.3) is 0 Å². The summed E-state index contributed by atoms with van der Waals surface area (Å²) in [5.74, 6) is -1.94. The summed E-state index contributed by atoms with van der Waals surface area (Å²) in [6.07, 6.45) is 2.70. The van der Waals surface area contributed by atoms with Gasteiger partial charge in [0.2, 0.25) is 0 Å². The maximum atomic E-state index is 13.1. The number of nitrogens with zero attached hydrogens (tertiary/aromatic N) is 1. The fourth-order valence-corrected chi connectivity index (χ4v) is 2.43. The van der Waals surface area contributed by atoms with Crippen molar-refractivity contribution in [2.24, 2.45) is 5.41 Å². The molecule has 0 aliphatic heterocycles. The summed E-state index contributed by atoms with van der Waals surface area (Å²) in [5.41, 5.74) is -0.562. The van der Waals surface area contributed by atoms with Gasteiger partial charge >= 0.3 is 0 Å². The molecule has 1 saturated carbocycles. The number of rotatable bonds is 2. The van der Waals surface area contributed by atoms with E-state index in [9.17, 15) is 18.8 Å². The predicted molar refractivity (Wildman–Crippen MR) is 61.6 cm³/mol. The molecular weight excluding hydrogens is 236 g/mol. The second kappa shape index (κ2) is 4.85. The zero-order chi connectivity index (χ0) is 13.2. The van der Waals surface area contributed by atoms with Gasteiger partial charge in [-0.2, -0.15) is 5.26 Å². The van der Waals surface area contributed by atoms with Crippen LogP contribution < -0.4 is 0 Å². The highest BCUT2D eigenvalue weighted by Crippen LogP contribution is 2.36. The molecule has 0 bridgehead atoms. The molecule has 0 heterocycles. The highest BCUT2D eigenvalue weighted by molar-refractivity contribution is 5.88. The summed E-state index contributed by atoms with van der Waals surface area (Å²) in [6.45, 7) is 0. The van der Waals surface area contributed by atoms with Crippen molar-refractivity contribution in [2.45, 2.75) is 32.1 Å². The Hall–Kier alpha value is -1.76. The molecule has 1 aromatic rings. The maximum Gasteiger partial charge on any atom is 0.159 e. The number of hydrogen-bond acceptors (Lipinski definition) is 2. The van der Waals surface area contributed by atoms with Crippen molar-refractivity contribution in [1.29, 1.82) is 5.26 Å². The van der Waals surface area contributed by atoms with Gasteiger partial charge in [0.1, 0.15) is 5.41 Å². The Morgan fingerprint density at radius 1 is 1.28 bits per heavy atom. The fraction of sp³-hybridized carbons (Fsp3) is 0.429. The number of carbonyl (C=O) groups is 1. The number of Topliss-reactive ketones (excluding diaryl/α,β-unsaturated/α-hetero) is 1. The van der Waals surface area contributed by atoms with Crippen LogP contribution in [0, 0.1) is 28.4 Å². The Bertz CT molecular complexity index is 521. The van der Waals surface area contributed by atoms with Crippen molar-refractivity contribution in [3.05, 3.63) is 35.4 Å². The Morgan fingerprint density at radius 2 is 2.06 bits per heavy atom. The molecule has 4 heteroatoms. The first-order valence-electron chi connectivity index (χ1n) is 5.96. The summed E-state index contributed by atoms with van der Waals surface area (Å²) in [7, 11) is 0. The monoisotopic (exact) mass is 249 g/mol. The van der Waals surface area contributed by atoms with Crippen LogP contribution in [0.3, 0.4) is 0 Å². The van der Waals surface area contributed by atoms with Crippen molar-refractivity contribution in [3.8, 4) is 6.07 Å². The molecule has 0 amide bonds. The minimum atomic E-state index is -1.05. The van der Waals surface area contributed by atoms with Crippen LogP contribution in [-0.2, 0) is 11.2 Å². The van der Waals surface area contributed by atoms with Crippen LogP contribution in [-0.4, -0.2) is 5.78 Å². The molecule has 2 rings (SSSR count). The first kappa shape index (κ1) is 12.7. The van der Waals surface area contributed by atoms with Gasteiger partial charge in [-0.3, -0.25) is 4.79 Å². The highest BCUT2D eigenvalue weighted by atomic mass is 19.2. The number of ketones is 1. The number of hydrogen-bond donors (Lipinski definition) is 0. The third-order valence-corrected chi connectivity index (χ3v) is 3.50. The molecule has 1 aliphatic rings. The Morgan fingerprint density at radius 3 is 2.67 bits per heavy atom. The lowest BCUT2D eigenvalue weighted by molar-refractivity contribution is -0.128. The third-order valence-electron chi connectivity index (χ3n) is 3.50. The van der Waals surface area contributed by atoms with E-state index in [2.05, 4.69) is 6.07 Å². The predicted octanol–water partition coefficient (Wildman–Crippen LogP) is 3.16. The minimum Gasteiger partial charge on any atom is -0.298 e. The van der Waals surface area contributed by atoms with Gasteiger partial charge < -0.3 is 0 Å². The van der Waals surface area contributed by atoms with E-state index < -0.39 is 17.0 Å². The van der Waals surface area contributed by atoms with E-state index in [-0.39, 0.29) is 12.2 Å². The van der Waals surface area contributed by atoms with Crippen molar-refractivity contribution < 1.29 is 13.6 Å². The van der Waals surface area contributed by atoms with Gasteiger partial charge in [-0.05, 0) is 37.0 Å². The second-order valence-electron chi connectivity index (χ2n) is 4.75. The molecule has 0 spiro atoms. The maximum absolute atomic E-state index is 13.1. The molecule has 1 unspecified atom stereocenters. The van der Waals surface area contributed by atoms with E-state index in [1.807, 2.05) is 0 Å². The van der Waals surface area contributed by atoms with Gasteiger partial charge in [0.15, 0.2) is 17.4 Å². The Labute approximate surface area is 104 Å². The first-order chi connectivity index (χ1) is 8.57. The topological polar surface area (TPSA) is 40.9 Å². The Kier molecular flexibility index (Phi) is 3.42. The number of benzene rings is 1. The average Bonchev–Trinajstić information content (AvgIpc) is 2.37. The van der Waals surface area contributed by atoms with E-state index in [1.165, 1.54) is 6.07 Å². The molecule has 0 radical (unpaired) electrons. The van der Waals surface area contributed by atoms with Crippen LogP contribution in [0.1, 0.15) is 31.2 Å². The number of halogens is 2. The molecule has 1 fully saturated rings. The van der Waals surface area contributed by atoms with Crippen LogP contribution in [0.15, 0.2) is 18.2 Å². The normalized spacial score (nSPS) is 23.7. The molecule has 0 N–H and O–H groups in total. The lowest BCUT2D eigenvalue weighted by Crippen LogP contribution is -2.34. The van der Waals surface area contributed by atoms with E-state index in [0.29, 0.717) is 18.4 Å². The van der Waals surface area contributed by atoms with E-state index >= 15 is 0 Å². The van der Waals surface area contributed by atoms with Gasteiger partial charge in [0, 0.05) is 6.42 Å². The summed E-state index contributed by atoms with van der Waals surface area (Å²) < 4.78 is 25.9. The van der Waals surface area contributed by atoms with Crippen LogP contribution in [0.4, 0.5) is 8.78 Å². The number of carbonyl (C=O) groups excluding carboxylic acids is 1. The van der Waals surface area contributed by atoms with E-state index in [1.54, 1.807) is 0 Å². The standard InChI is InChI=1S/C14H13F2NO/c15-11-5-4-10(7-12(11)16)8-14(9-17)6-2-1-3-13(14)18/h4-5,7H,1-3,6,8H2. The average molecular weight is 249 g/mol. The van der Waals surface area contributed by atoms with Crippen molar-refractivity contribution in [1.82, 2.24) is 0 Å². The Balaban J connectivity index is 2.27. The summed E-state index contributed by atoms with van der Waals surface area (Å²) in [6, 6.07) is 5.61. The molecule has 0 saturated heterocycles. The van der Waals surface area contributed by atoms with E-state index in [4.69, 9.17) is 0 Å². The van der Waals surface area contributed by atoms with Gasteiger partial charge in [-0.1, -0.05) is 12.5 Å². The lowest BCUT2D eigenvalue weighted by atomic mass is 9.70. The van der Waals surface area contributed by atoms with Gasteiger partial charge in [0.05, 0.1) is 6.07 Å². The molecule has 1 atom stereocenters. The molecule has 2 nitrogen and oxygen atoms in total. The van der Waals surface area contributed by atoms with Gasteiger partial charge in [0.25, 0.3) is 0 Å². The van der Waals surface area contributed by atoms with Crippen molar-refractivity contribution >= 4 is 5.78 Å². The molecular formula is C14H13F2NO. The zero-order valence-corrected chi connectivity index (χ0v) is 9.88. The zero-order valence-electron chi connectivity index (χ0n) is 9.88. The van der Waals surface area contributed by atoms with Crippen LogP contribution >= 0.6 is 0 Å².